The third kappa shape index (κ3) is 10.0. The molecule has 10 heteroatoms. The first-order chi connectivity index (χ1) is 19.0. The number of benzene rings is 1. The minimum Gasteiger partial charge on any atom is -0.453 e. The molecule has 1 aromatic heterocycles. The molecular weight excluding hydrogens is 496 g/mol. The lowest BCUT2D eigenvalue weighted by Gasteiger charge is -2.20. The Morgan fingerprint density at radius 2 is 1.90 bits per heavy atom. The molecule has 2 unspecified atom stereocenters. The summed E-state index contributed by atoms with van der Waals surface area (Å²) in [6.45, 7) is 6.96. The molecule has 216 valence electrons. The Kier molecular flexibility index (Phi) is 14.1. The number of methoxy groups -OCH3 is 1. The minimum absolute atomic E-state index is 0.103. The van der Waals surface area contributed by atoms with E-state index in [1.165, 1.54) is 39.2 Å². The smallest absolute Gasteiger partial charge is 0.411 e. The van der Waals surface area contributed by atoms with Crippen molar-refractivity contribution in [1.82, 2.24) is 15.3 Å². The number of fused-ring (bicyclic) bond motifs is 4. The van der Waals surface area contributed by atoms with Crippen molar-refractivity contribution in [2.24, 2.45) is 17.6 Å². The Bertz CT molecular complexity index is 1030. The van der Waals surface area contributed by atoms with E-state index in [1.807, 2.05) is 20.8 Å². The number of carbonyl (C=O) groups excluding carboxylic acids is 3. The molecule has 0 saturated heterocycles. The summed E-state index contributed by atoms with van der Waals surface area (Å²) in [6, 6.07) is 4.92. The van der Waals surface area contributed by atoms with E-state index in [1.54, 1.807) is 24.4 Å². The van der Waals surface area contributed by atoms with Crippen LogP contribution in [0.15, 0.2) is 24.4 Å². The number of nitrogens with zero attached hydrogens (tertiary/aromatic N) is 1. The van der Waals surface area contributed by atoms with E-state index in [9.17, 15) is 14.4 Å². The second kappa shape index (κ2) is 17.2. The van der Waals surface area contributed by atoms with Crippen LogP contribution < -0.4 is 21.7 Å². The Balaban J connectivity index is 0.000000451. The SMILES string of the molecule is CC.CCC1CCC(NC=O)c2ncc([nH]2)-c2ccc(NC(=O)OC)cc2NC(=O)C1.NCC1CCCCC1. The van der Waals surface area contributed by atoms with E-state index in [2.05, 4.69) is 30.7 Å². The number of aromatic nitrogens is 2. The van der Waals surface area contributed by atoms with Gasteiger partial charge in [-0.05, 0) is 62.3 Å². The van der Waals surface area contributed by atoms with Crippen molar-refractivity contribution in [3.05, 3.63) is 30.2 Å². The first kappa shape index (κ1) is 31.8. The highest BCUT2D eigenvalue weighted by molar-refractivity contribution is 5.97. The van der Waals surface area contributed by atoms with Gasteiger partial charge in [0.1, 0.15) is 5.82 Å². The number of hydrogen-bond acceptors (Lipinski definition) is 6. The molecule has 1 aromatic carbocycles. The summed E-state index contributed by atoms with van der Waals surface area (Å²) in [5.41, 5.74) is 7.98. The zero-order valence-corrected chi connectivity index (χ0v) is 23.8. The lowest BCUT2D eigenvalue weighted by molar-refractivity contribution is -0.117. The standard InChI is InChI=1S/C20H25N5O4.C7H15N.C2H6/c1-3-12-4-7-15(22-11-26)19-21-10-17(25-19)14-6-5-13(23-20(28)29-2)9-16(14)24-18(27)8-12;8-6-7-4-2-1-3-5-7;1-2/h5-6,9-12,15H,3-4,7-8H2,1-2H3,(H,21,25)(H,22,26)(H,23,28)(H,24,27);7H,1-6,8H2;1-2H3. The largest absolute Gasteiger partial charge is 0.453 e. The molecule has 1 aliphatic heterocycles. The van der Waals surface area contributed by atoms with E-state index in [0.717, 1.165) is 30.9 Å². The molecule has 2 atom stereocenters. The first-order valence-corrected chi connectivity index (χ1v) is 14.2. The Morgan fingerprint density at radius 3 is 2.51 bits per heavy atom. The average Bonchev–Trinajstić information content (AvgIpc) is 3.46. The lowest BCUT2D eigenvalue weighted by atomic mass is 9.90. The average molecular weight is 543 g/mol. The molecule has 0 radical (unpaired) electrons. The molecule has 2 aliphatic rings. The molecule has 3 amide bonds. The van der Waals surface area contributed by atoms with Crippen molar-refractivity contribution in [3.8, 4) is 11.3 Å². The zero-order chi connectivity index (χ0) is 28.6. The number of nitrogens with one attached hydrogen (secondary N) is 4. The van der Waals surface area contributed by atoms with Crippen LogP contribution in [0.2, 0.25) is 0 Å². The number of aromatic amines is 1. The number of rotatable bonds is 5. The Morgan fingerprint density at radius 1 is 1.15 bits per heavy atom. The van der Waals surface area contributed by atoms with Gasteiger partial charge < -0.3 is 26.1 Å². The number of nitrogens with two attached hydrogens (primary N) is 1. The number of imidazole rings is 1. The van der Waals surface area contributed by atoms with Crippen molar-refractivity contribution in [2.75, 3.05) is 24.3 Å². The third-order valence-electron chi connectivity index (χ3n) is 7.18. The maximum atomic E-state index is 12.7. The molecular formula is C29H46N6O4. The molecule has 1 saturated carbocycles. The number of carbonyl (C=O) groups is 3. The van der Waals surface area contributed by atoms with Gasteiger partial charge in [0.05, 0.1) is 30.7 Å². The predicted octanol–water partition coefficient (Wildman–Crippen LogP) is 5.74. The fraction of sp³-hybridized carbons (Fsp3) is 0.586. The van der Waals surface area contributed by atoms with E-state index in [0.29, 0.717) is 42.1 Å². The second-order valence-electron chi connectivity index (χ2n) is 9.74. The van der Waals surface area contributed by atoms with Gasteiger partial charge in [-0.1, -0.05) is 46.5 Å². The van der Waals surface area contributed by atoms with Gasteiger partial charge in [0.2, 0.25) is 12.3 Å². The highest BCUT2D eigenvalue weighted by atomic mass is 16.5. The van der Waals surface area contributed by atoms with E-state index < -0.39 is 6.09 Å². The van der Waals surface area contributed by atoms with E-state index in [4.69, 9.17) is 5.73 Å². The van der Waals surface area contributed by atoms with Crippen LogP contribution in [0, 0.1) is 11.8 Å². The van der Waals surface area contributed by atoms with Crippen molar-refractivity contribution in [1.29, 1.82) is 0 Å². The minimum atomic E-state index is -0.595. The molecule has 1 aliphatic carbocycles. The number of ether oxygens (including phenoxy) is 1. The van der Waals surface area contributed by atoms with Gasteiger partial charge in [-0.25, -0.2) is 9.78 Å². The van der Waals surface area contributed by atoms with Crippen LogP contribution >= 0.6 is 0 Å². The molecule has 4 rings (SSSR count). The summed E-state index contributed by atoms with van der Waals surface area (Å²) in [6.07, 6.45) is 11.5. The van der Waals surface area contributed by atoms with Gasteiger partial charge in [-0.3, -0.25) is 14.9 Å². The second-order valence-corrected chi connectivity index (χ2v) is 9.74. The van der Waals surface area contributed by atoms with Gasteiger partial charge in [0.25, 0.3) is 0 Å². The van der Waals surface area contributed by atoms with Crippen LogP contribution in [-0.2, 0) is 14.3 Å². The maximum Gasteiger partial charge on any atom is 0.411 e. The van der Waals surface area contributed by atoms with Crippen molar-refractivity contribution < 1.29 is 19.1 Å². The summed E-state index contributed by atoms with van der Waals surface area (Å²) in [5.74, 6) is 1.61. The van der Waals surface area contributed by atoms with Crippen LogP contribution in [0.25, 0.3) is 11.3 Å². The van der Waals surface area contributed by atoms with Crippen LogP contribution in [-0.4, -0.2) is 42.0 Å². The summed E-state index contributed by atoms with van der Waals surface area (Å²) < 4.78 is 4.63. The topological polar surface area (TPSA) is 151 Å². The van der Waals surface area contributed by atoms with Crippen molar-refractivity contribution in [2.45, 2.75) is 84.6 Å². The zero-order valence-electron chi connectivity index (χ0n) is 23.8. The van der Waals surface area contributed by atoms with Crippen LogP contribution in [0.1, 0.15) is 90.4 Å². The fourth-order valence-corrected chi connectivity index (χ4v) is 4.90. The fourth-order valence-electron chi connectivity index (χ4n) is 4.90. The van der Waals surface area contributed by atoms with Crippen LogP contribution in [0.3, 0.4) is 0 Å². The molecule has 39 heavy (non-hydrogen) atoms. The molecule has 0 spiro atoms. The van der Waals surface area contributed by atoms with Gasteiger partial charge in [-0.15, -0.1) is 0 Å². The van der Waals surface area contributed by atoms with E-state index >= 15 is 0 Å². The van der Waals surface area contributed by atoms with Gasteiger partial charge >= 0.3 is 6.09 Å². The van der Waals surface area contributed by atoms with Gasteiger partial charge in [0.15, 0.2) is 0 Å². The van der Waals surface area contributed by atoms with E-state index in [-0.39, 0.29) is 17.9 Å². The van der Waals surface area contributed by atoms with Crippen LogP contribution in [0.5, 0.6) is 0 Å². The molecule has 2 aromatic rings. The summed E-state index contributed by atoms with van der Waals surface area (Å²) >= 11 is 0. The monoisotopic (exact) mass is 542 g/mol. The maximum absolute atomic E-state index is 12.7. The Labute approximate surface area is 232 Å². The molecule has 2 bridgehead atoms. The normalized spacial score (nSPS) is 19.2. The molecule has 6 N–H and O–H groups in total. The molecule has 2 heterocycles. The predicted molar refractivity (Wildman–Crippen MR) is 155 cm³/mol. The first-order valence-electron chi connectivity index (χ1n) is 14.2. The quantitative estimate of drug-likeness (QED) is 0.304. The third-order valence-corrected chi connectivity index (χ3v) is 7.18. The lowest BCUT2D eigenvalue weighted by Crippen LogP contribution is -2.23. The van der Waals surface area contributed by atoms with Crippen LogP contribution in [0.4, 0.5) is 16.2 Å². The number of amides is 3. The highest BCUT2D eigenvalue weighted by Gasteiger charge is 2.22. The number of H-pyrrole nitrogens is 1. The highest BCUT2D eigenvalue weighted by Crippen LogP contribution is 2.33. The summed E-state index contributed by atoms with van der Waals surface area (Å²) in [5, 5.41) is 8.37. The summed E-state index contributed by atoms with van der Waals surface area (Å²) in [7, 11) is 1.28. The van der Waals surface area contributed by atoms with Crippen molar-refractivity contribution >= 4 is 29.8 Å². The number of hydrogen-bond donors (Lipinski definition) is 5. The Hall–Kier alpha value is -3.40. The molecule has 1 fully saturated rings. The molecule has 10 nitrogen and oxygen atoms in total. The van der Waals surface area contributed by atoms with Crippen molar-refractivity contribution in [3.63, 3.8) is 0 Å². The van der Waals surface area contributed by atoms with Gasteiger partial charge in [0, 0.05) is 17.7 Å². The summed E-state index contributed by atoms with van der Waals surface area (Å²) in [4.78, 5) is 42.9. The van der Waals surface area contributed by atoms with Gasteiger partial charge in [-0.2, -0.15) is 0 Å². The number of anilines is 2.